The van der Waals surface area contributed by atoms with Crippen LogP contribution < -0.4 is 0 Å². The van der Waals surface area contributed by atoms with Gasteiger partial charge in [-0.25, -0.2) is 0 Å². The van der Waals surface area contributed by atoms with Crippen LogP contribution in [0.25, 0.3) is 21.9 Å². The maximum absolute atomic E-state index is 9.16. The Bertz CT molecular complexity index is 1110. The van der Waals surface area contributed by atoms with Gasteiger partial charge in [0.2, 0.25) is 0 Å². The van der Waals surface area contributed by atoms with E-state index >= 15 is 0 Å². The quantitative estimate of drug-likeness (QED) is 0.521. The molecule has 3 heterocycles. The molecule has 0 bridgehead atoms. The maximum Gasteiger partial charge on any atom is 0.129 e. The van der Waals surface area contributed by atoms with E-state index in [2.05, 4.69) is 57.6 Å². The lowest BCUT2D eigenvalue weighted by Crippen LogP contribution is -2.32. The van der Waals surface area contributed by atoms with E-state index in [4.69, 9.17) is 9.52 Å². The van der Waals surface area contributed by atoms with Crippen molar-refractivity contribution in [2.75, 3.05) is 13.1 Å². The Morgan fingerprint density at radius 1 is 1.00 bits per heavy atom. The number of aliphatic hydroxyl groups is 1. The fraction of sp³-hybridized carbons (Fsp3) is 0.292. The summed E-state index contributed by atoms with van der Waals surface area (Å²) in [5, 5.41) is 19.3. The highest BCUT2D eigenvalue weighted by atomic mass is 16.4. The monoisotopic (exact) mass is 387 g/mol. The first-order valence-electron chi connectivity index (χ1n) is 10.2. The summed E-state index contributed by atoms with van der Waals surface area (Å²) in [4.78, 5) is 2.42. The number of benzene rings is 2. The van der Waals surface area contributed by atoms with Crippen LogP contribution in [0.3, 0.4) is 0 Å². The molecular formula is C24H25N3O2. The molecule has 0 amide bonds. The highest BCUT2D eigenvalue weighted by Gasteiger charge is 2.25. The molecule has 2 aromatic heterocycles. The number of H-pyrrole nitrogens is 1. The first-order valence-corrected chi connectivity index (χ1v) is 10.2. The Labute approximate surface area is 170 Å². The van der Waals surface area contributed by atoms with Crippen LogP contribution in [0.1, 0.15) is 36.0 Å². The van der Waals surface area contributed by atoms with Gasteiger partial charge in [0.15, 0.2) is 0 Å². The fourth-order valence-corrected chi connectivity index (χ4v) is 4.39. The van der Waals surface area contributed by atoms with Gasteiger partial charge >= 0.3 is 0 Å². The Morgan fingerprint density at radius 3 is 2.59 bits per heavy atom. The second-order valence-corrected chi connectivity index (χ2v) is 7.84. The molecule has 0 aliphatic carbocycles. The summed E-state index contributed by atoms with van der Waals surface area (Å²) in [5.41, 5.74) is 3.69. The maximum atomic E-state index is 9.16. The molecular weight excluding hydrogens is 362 g/mol. The first-order chi connectivity index (χ1) is 14.3. The van der Waals surface area contributed by atoms with Gasteiger partial charge < -0.3 is 9.52 Å². The number of likely N-dealkylation sites (tertiary alicyclic amines) is 1. The highest BCUT2D eigenvalue weighted by Crippen LogP contribution is 2.35. The van der Waals surface area contributed by atoms with E-state index in [0.717, 1.165) is 38.2 Å². The van der Waals surface area contributed by atoms with Gasteiger partial charge in [-0.3, -0.25) is 10.00 Å². The van der Waals surface area contributed by atoms with Crippen LogP contribution in [0.15, 0.2) is 65.2 Å². The molecule has 0 saturated carbocycles. The molecule has 1 aliphatic heterocycles. The lowest BCUT2D eigenvalue weighted by molar-refractivity contribution is 0.183. The van der Waals surface area contributed by atoms with E-state index in [1.807, 2.05) is 18.3 Å². The highest BCUT2D eigenvalue weighted by molar-refractivity contribution is 5.87. The van der Waals surface area contributed by atoms with E-state index in [-0.39, 0.29) is 6.61 Å². The number of furan rings is 1. The van der Waals surface area contributed by atoms with Crippen LogP contribution >= 0.6 is 0 Å². The molecule has 5 nitrogen and oxygen atoms in total. The van der Waals surface area contributed by atoms with Crippen LogP contribution in [0.4, 0.5) is 0 Å². The van der Waals surface area contributed by atoms with Gasteiger partial charge in [0, 0.05) is 17.2 Å². The fourth-order valence-electron chi connectivity index (χ4n) is 4.39. The van der Waals surface area contributed by atoms with Crippen molar-refractivity contribution in [1.29, 1.82) is 0 Å². The van der Waals surface area contributed by atoms with E-state index in [9.17, 15) is 0 Å². The molecule has 1 saturated heterocycles. The smallest absolute Gasteiger partial charge is 0.129 e. The van der Waals surface area contributed by atoms with Gasteiger partial charge in [-0.15, -0.1) is 0 Å². The molecule has 5 rings (SSSR count). The molecule has 4 aromatic rings. The number of aliphatic hydroxyl groups excluding tert-OH is 1. The summed E-state index contributed by atoms with van der Waals surface area (Å²) in [7, 11) is 0. The first kappa shape index (κ1) is 18.2. The molecule has 1 fully saturated rings. The van der Waals surface area contributed by atoms with E-state index in [1.165, 1.54) is 27.6 Å². The van der Waals surface area contributed by atoms with Crippen LogP contribution in [-0.4, -0.2) is 33.3 Å². The lowest BCUT2D eigenvalue weighted by atomic mass is 9.89. The van der Waals surface area contributed by atoms with Gasteiger partial charge in [-0.05, 0) is 60.5 Å². The molecule has 0 spiro atoms. The molecule has 148 valence electrons. The van der Waals surface area contributed by atoms with Gasteiger partial charge in [0.1, 0.15) is 18.1 Å². The van der Waals surface area contributed by atoms with Crippen molar-refractivity contribution >= 4 is 10.8 Å². The van der Waals surface area contributed by atoms with Gasteiger partial charge in [0.05, 0.1) is 12.7 Å². The zero-order chi connectivity index (χ0) is 19.6. The summed E-state index contributed by atoms with van der Waals surface area (Å²) in [5.74, 6) is 2.04. The van der Waals surface area contributed by atoms with Crippen molar-refractivity contribution in [3.63, 3.8) is 0 Å². The van der Waals surface area contributed by atoms with Crippen LogP contribution in [-0.2, 0) is 13.2 Å². The summed E-state index contributed by atoms with van der Waals surface area (Å²) < 4.78 is 5.64. The van der Waals surface area contributed by atoms with Crippen molar-refractivity contribution in [3.8, 4) is 11.1 Å². The Balaban J connectivity index is 1.29. The Morgan fingerprint density at radius 2 is 1.79 bits per heavy atom. The van der Waals surface area contributed by atoms with E-state index in [0.29, 0.717) is 11.7 Å². The second-order valence-electron chi connectivity index (χ2n) is 7.84. The summed E-state index contributed by atoms with van der Waals surface area (Å²) in [6, 6.07) is 18.9. The number of nitrogens with one attached hydrogen (secondary N) is 1. The van der Waals surface area contributed by atoms with E-state index < -0.39 is 0 Å². The summed E-state index contributed by atoms with van der Waals surface area (Å²) in [6.07, 6.45) is 4.15. The number of nitrogens with zero attached hydrogens (tertiary/aromatic N) is 2. The zero-order valence-electron chi connectivity index (χ0n) is 16.3. The molecule has 2 aromatic carbocycles. The van der Waals surface area contributed by atoms with Crippen LogP contribution in [0.5, 0.6) is 0 Å². The number of rotatable bonds is 5. The minimum Gasteiger partial charge on any atom is -0.462 e. The standard InChI is InChI=1S/C24H25N3O2/c28-16-22-8-7-21(29-22)15-27-11-9-18(10-12-27)24-23(14-25-26-24)20-6-5-17-3-1-2-4-19(17)13-20/h1-8,13-14,18,28H,9-12,15-16H2,(H,25,26). The third-order valence-electron chi connectivity index (χ3n) is 5.98. The van der Waals surface area contributed by atoms with Gasteiger partial charge in [0.25, 0.3) is 0 Å². The molecule has 1 aliphatic rings. The number of aromatic amines is 1. The topological polar surface area (TPSA) is 65.3 Å². The van der Waals surface area contributed by atoms with Gasteiger partial charge in [-0.1, -0.05) is 36.4 Å². The van der Waals surface area contributed by atoms with Crippen LogP contribution in [0, 0.1) is 0 Å². The second kappa shape index (κ2) is 7.85. The third-order valence-corrected chi connectivity index (χ3v) is 5.98. The summed E-state index contributed by atoms with van der Waals surface area (Å²) >= 11 is 0. The molecule has 0 radical (unpaired) electrons. The van der Waals surface area contributed by atoms with Gasteiger partial charge in [-0.2, -0.15) is 5.10 Å². The van der Waals surface area contributed by atoms with E-state index in [1.54, 1.807) is 0 Å². The number of fused-ring (bicyclic) bond motifs is 1. The zero-order valence-corrected chi connectivity index (χ0v) is 16.3. The molecule has 2 N–H and O–H groups in total. The van der Waals surface area contributed by atoms with Crippen molar-refractivity contribution in [2.45, 2.75) is 31.9 Å². The van der Waals surface area contributed by atoms with Crippen molar-refractivity contribution in [3.05, 3.63) is 78.0 Å². The molecule has 5 heteroatoms. The third kappa shape index (κ3) is 3.71. The summed E-state index contributed by atoms with van der Waals surface area (Å²) in [6.45, 7) is 2.80. The average Bonchev–Trinajstić information content (AvgIpc) is 3.43. The lowest BCUT2D eigenvalue weighted by Gasteiger charge is -2.31. The predicted molar refractivity (Wildman–Crippen MR) is 113 cm³/mol. The number of hydrogen-bond acceptors (Lipinski definition) is 4. The largest absolute Gasteiger partial charge is 0.462 e. The number of aromatic nitrogens is 2. The minimum atomic E-state index is -0.0422. The number of piperidine rings is 1. The Hall–Kier alpha value is -2.89. The SMILES string of the molecule is OCc1ccc(CN2CCC(c3[nH]ncc3-c3ccc4ccccc4c3)CC2)o1. The van der Waals surface area contributed by atoms with Crippen molar-refractivity contribution in [2.24, 2.45) is 0 Å². The average molecular weight is 387 g/mol. The van der Waals surface area contributed by atoms with Crippen LogP contribution in [0.2, 0.25) is 0 Å². The van der Waals surface area contributed by atoms with Crippen molar-refractivity contribution in [1.82, 2.24) is 15.1 Å². The molecule has 29 heavy (non-hydrogen) atoms. The van der Waals surface area contributed by atoms with Crippen molar-refractivity contribution < 1.29 is 9.52 Å². The predicted octanol–water partition coefficient (Wildman–Crippen LogP) is 4.69. The Kier molecular flexibility index (Phi) is 4.92. The molecule has 0 atom stereocenters. The molecule has 0 unspecified atom stereocenters. The number of hydrogen-bond donors (Lipinski definition) is 2. The minimum absolute atomic E-state index is 0.0422. The normalized spacial score (nSPS) is 15.9.